The van der Waals surface area contributed by atoms with Gasteiger partial charge in [0.25, 0.3) is 5.91 Å². The van der Waals surface area contributed by atoms with E-state index in [9.17, 15) is 9.59 Å². The van der Waals surface area contributed by atoms with Crippen molar-refractivity contribution in [2.75, 3.05) is 26.2 Å². The van der Waals surface area contributed by atoms with Gasteiger partial charge in [0.2, 0.25) is 5.56 Å². The second-order valence-electron chi connectivity index (χ2n) is 7.67. The van der Waals surface area contributed by atoms with Crippen molar-refractivity contribution in [3.05, 3.63) is 87.7 Å². The summed E-state index contributed by atoms with van der Waals surface area (Å²) in [6.07, 6.45) is 0. The van der Waals surface area contributed by atoms with Gasteiger partial charge in [-0.3, -0.25) is 14.5 Å². The maximum Gasteiger partial charge on any atom is 0.254 e. The van der Waals surface area contributed by atoms with E-state index >= 15 is 0 Å². The largest absolute Gasteiger partial charge is 0.336 e. The molecule has 5 rings (SSSR count). The van der Waals surface area contributed by atoms with E-state index in [4.69, 9.17) is 4.98 Å². The van der Waals surface area contributed by atoms with Crippen LogP contribution in [0.2, 0.25) is 0 Å². The number of rotatable bonds is 4. The predicted molar refractivity (Wildman–Crippen MR) is 123 cm³/mol. The van der Waals surface area contributed by atoms with Crippen LogP contribution in [0, 0.1) is 0 Å². The fourth-order valence-electron chi connectivity index (χ4n) is 3.98. The highest BCUT2D eigenvalue weighted by molar-refractivity contribution is 7.13. The molecule has 156 valence electrons. The molecular formula is C24H22N4O2S. The van der Waals surface area contributed by atoms with Crippen molar-refractivity contribution in [2.24, 2.45) is 0 Å². The van der Waals surface area contributed by atoms with Crippen LogP contribution in [0.3, 0.4) is 0 Å². The van der Waals surface area contributed by atoms with E-state index in [0.29, 0.717) is 24.2 Å². The van der Waals surface area contributed by atoms with E-state index in [0.717, 1.165) is 41.3 Å². The van der Waals surface area contributed by atoms with Crippen LogP contribution >= 0.6 is 11.3 Å². The van der Waals surface area contributed by atoms with Gasteiger partial charge in [-0.2, -0.15) is 0 Å². The number of aromatic nitrogens is 2. The summed E-state index contributed by atoms with van der Waals surface area (Å²) in [6.45, 7) is 3.61. The smallest absolute Gasteiger partial charge is 0.254 e. The third kappa shape index (κ3) is 4.15. The first-order chi connectivity index (χ1) is 15.2. The highest BCUT2D eigenvalue weighted by Gasteiger charge is 2.24. The molecule has 0 unspecified atom stereocenters. The summed E-state index contributed by atoms with van der Waals surface area (Å²) in [4.78, 5) is 36.9. The van der Waals surface area contributed by atoms with Crippen molar-refractivity contribution >= 4 is 28.1 Å². The number of para-hydroxylation sites is 1. The normalized spacial score (nSPS) is 14.8. The predicted octanol–water partition coefficient (Wildman–Crippen LogP) is 3.61. The zero-order chi connectivity index (χ0) is 21.2. The van der Waals surface area contributed by atoms with Gasteiger partial charge >= 0.3 is 0 Å². The first kappa shape index (κ1) is 19.7. The number of nitrogens with zero attached hydrogens (tertiary/aromatic N) is 3. The number of nitrogens with one attached hydrogen (secondary N) is 1. The minimum atomic E-state index is -0.251. The van der Waals surface area contributed by atoms with Crippen molar-refractivity contribution < 1.29 is 4.79 Å². The fourth-order valence-corrected chi connectivity index (χ4v) is 4.80. The number of hydrogen-bond acceptors (Lipinski definition) is 5. The van der Waals surface area contributed by atoms with Gasteiger partial charge in [-0.15, -0.1) is 11.3 Å². The number of fused-ring (bicyclic) bond motifs is 1. The average Bonchev–Trinajstić information content (AvgIpc) is 3.27. The molecule has 1 amide bonds. The van der Waals surface area contributed by atoms with Crippen molar-refractivity contribution in [2.45, 2.75) is 6.54 Å². The van der Waals surface area contributed by atoms with Crippen LogP contribution in [0.5, 0.6) is 0 Å². The van der Waals surface area contributed by atoms with Gasteiger partial charge < -0.3 is 9.88 Å². The number of H-pyrrole nitrogens is 1. The van der Waals surface area contributed by atoms with E-state index in [1.807, 2.05) is 47.4 Å². The molecular weight excluding hydrogens is 408 g/mol. The van der Waals surface area contributed by atoms with Crippen LogP contribution in [-0.4, -0.2) is 51.9 Å². The molecule has 2 aromatic heterocycles. The Kier molecular flexibility index (Phi) is 5.36. The quantitative estimate of drug-likeness (QED) is 0.537. The number of hydrogen-bond donors (Lipinski definition) is 1. The van der Waals surface area contributed by atoms with Crippen LogP contribution in [0.4, 0.5) is 0 Å². The van der Waals surface area contributed by atoms with Crippen molar-refractivity contribution in [3.63, 3.8) is 0 Å². The monoisotopic (exact) mass is 430 g/mol. The molecule has 1 N–H and O–H groups in total. The molecule has 1 aliphatic heterocycles. The maximum absolute atomic E-state index is 13.1. The number of carbonyl (C=O) groups excluding carboxylic acids is 1. The van der Waals surface area contributed by atoms with Crippen molar-refractivity contribution in [3.8, 4) is 10.6 Å². The highest BCUT2D eigenvalue weighted by Crippen LogP contribution is 2.24. The molecule has 2 aromatic carbocycles. The van der Waals surface area contributed by atoms with Gasteiger partial charge in [0.05, 0.1) is 11.3 Å². The summed E-state index contributed by atoms with van der Waals surface area (Å²) in [5.74, 6) is -0.0815. The molecule has 0 aliphatic carbocycles. The van der Waals surface area contributed by atoms with Crippen LogP contribution in [0.1, 0.15) is 16.1 Å². The Labute approximate surface area is 183 Å². The Balaban J connectivity index is 1.25. The molecule has 1 fully saturated rings. The first-order valence-corrected chi connectivity index (χ1v) is 11.2. The average molecular weight is 431 g/mol. The van der Waals surface area contributed by atoms with Gasteiger partial charge in [-0.1, -0.05) is 48.5 Å². The highest BCUT2D eigenvalue weighted by atomic mass is 32.1. The number of pyridine rings is 1. The molecule has 4 aromatic rings. The molecule has 1 aliphatic rings. The SMILES string of the molecule is O=C(c1cc(=O)[nH]c2ccccc12)N1CCN(Cc2csc(-c3ccccc3)n2)CC1. The zero-order valence-electron chi connectivity index (χ0n) is 17.0. The number of thiazole rings is 1. The Morgan fingerprint density at radius 3 is 2.55 bits per heavy atom. The molecule has 31 heavy (non-hydrogen) atoms. The van der Waals surface area contributed by atoms with Crippen LogP contribution < -0.4 is 5.56 Å². The lowest BCUT2D eigenvalue weighted by Gasteiger charge is -2.34. The molecule has 7 heteroatoms. The second kappa shape index (κ2) is 8.45. The molecule has 6 nitrogen and oxygen atoms in total. The van der Waals surface area contributed by atoms with Crippen molar-refractivity contribution in [1.29, 1.82) is 0 Å². The molecule has 0 spiro atoms. The Hall–Kier alpha value is -3.29. The number of amides is 1. The van der Waals surface area contributed by atoms with E-state index in [2.05, 4.69) is 27.4 Å². The molecule has 3 heterocycles. The number of piperazine rings is 1. The van der Waals surface area contributed by atoms with Crippen molar-refractivity contribution in [1.82, 2.24) is 19.8 Å². The van der Waals surface area contributed by atoms with Crippen LogP contribution in [-0.2, 0) is 6.54 Å². The maximum atomic E-state index is 13.1. The van der Waals surface area contributed by atoms with Gasteiger partial charge in [0.1, 0.15) is 5.01 Å². The topological polar surface area (TPSA) is 69.3 Å². The summed E-state index contributed by atoms with van der Waals surface area (Å²) in [5, 5.41) is 3.93. The minimum absolute atomic E-state index is 0.0815. The lowest BCUT2D eigenvalue weighted by Crippen LogP contribution is -2.48. The van der Waals surface area contributed by atoms with E-state index in [-0.39, 0.29) is 11.5 Å². The van der Waals surface area contributed by atoms with E-state index in [1.165, 1.54) is 6.07 Å². The van der Waals surface area contributed by atoms with Gasteiger partial charge in [-0.25, -0.2) is 4.98 Å². The number of aromatic amines is 1. The summed E-state index contributed by atoms with van der Waals surface area (Å²) in [6, 6.07) is 19.1. The van der Waals surface area contributed by atoms with Gasteiger partial charge in [0, 0.05) is 60.6 Å². The number of carbonyl (C=O) groups is 1. The third-order valence-electron chi connectivity index (χ3n) is 5.60. The molecule has 0 atom stereocenters. The Morgan fingerprint density at radius 2 is 1.74 bits per heavy atom. The van der Waals surface area contributed by atoms with Crippen LogP contribution in [0.25, 0.3) is 21.5 Å². The van der Waals surface area contributed by atoms with E-state index in [1.54, 1.807) is 11.3 Å². The molecule has 0 saturated carbocycles. The lowest BCUT2D eigenvalue weighted by atomic mass is 10.1. The molecule has 0 radical (unpaired) electrons. The third-order valence-corrected chi connectivity index (χ3v) is 6.54. The summed E-state index contributed by atoms with van der Waals surface area (Å²) in [5.41, 5.74) is 3.11. The van der Waals surface area contributed by atoms with Gasteiger partial charge in [0.15, 0.2) is 0 Å². The Morgan fingerprint density at radius 1 is 1.00 bits per heavy atom. The van der Waals surface area contributed by atoms with Crippen LogP contribution in [0.15, 0.2) is 70.8 Å². The second-order valence-corrected chi connectivity index (χ2v) is 8.53. The summed E-state index contributed by atoms with van der Waals surface area (Å²) in [7, 11) is 0. The number of benzene rings is 2. The molecule has 0 bridgehead atoms. The first-order valence-electron chi connectivity index (χ1n) is 10.3. The lowest BCUT2D eigenvalue weighted by molar-refractivity contribution is 0.0629. The summed E-state index contributed by atoms with van der Waals surface area (Å²) >= 11 is 1.66. The molecule has 1 saturated heterocycles. The Bertz CT molecular complexity index is 1270. The van der Waals surface area contributed by atoms with Gasteiger partial charge in [-0.05, 0) is 6.07 Å². The fraction of sp³-hybridized carbons (Fsp3) is 0.208. The standard InChI is InChI=1S/C24H22N4O2S/c29-22-14-20(19-8-4-5-9-21(19)26-22)24(30)28-12-10-27(11-13-28)15-18-16-31-23(25-18)17-6-2-1-3-7-17/h1-9,14,16H,10-13,15H2,(H,26,29). The summed E-state index contributed by atoms with van der Waals surface area (Å²) < 4.78 is 0. The zero-order valence-corrected chi connectivity index (χ0v) is 17.8. The van der Waals surface area contributed by atoms with E-state index < -0.39 is 0 Å². The minimum Gasteiger partial charge on any atom is -0.336 e.